The van der Waals surface area contributed by atoms with E-state index >= 15 is 0 Å². The van der Waals surface area contributed by atoms with Gasteiger partial charge in [-0.05, 0) is 36.6 Å². The molecule has 5 heteroatoms. The van der Waals surface area contributed by atoms with Crippen LogP contribution in [0.1, 0.15) is 39.1 Å². The summed E-state index contributed by atoms with van der Waals surface area (Å²) in [5.74, 6) is -0.231. The molecular weight excluding hydrogens is 366 g/mol. The second kappa shape index (κ2) is 10.1. The molecule has 0 heterocycles. The van der Waals surface area contributed by atoms with Crippen LogP contribution in [0.15, 0.2) is 54.6 Å². The molecule has 0 atom stereocenters. The number of anilines is 1. The standard InChI is InChI=1S/C24H27NO4/c1-28-15-5-13-25(14-6-16-29-2)19-11-9-18(10-12-19)22-17-23(26)20-7-3-4-8-21(20)24(22)27/h3-4,7-12,17H,5-6,13-16H2,1-2H3. The Hall–Kier alpha value is -2.76. The van der Waals surface area contributed by atoms with Crippen molar-refractivity contribution in [1.29, 1.82) is 0 Å². The van der Waals surface area contributed by atoms with Crippen LogP contribution in [0.4, 0.5) is 5.69 Å². The molecule has 1 aliphatic carbocycles. The third-order valence-electron chi connectivity index (χ3n) is 5.05. The summed E-state index contributed by atoms with van der Waals surface area (Å²) in [6.45, 7) is 3.18. The quantitative estimate of drug-likeness (QED) is 0.571. The molecular formula is C24H27NO4. The Labute approximate surface area is 171 Å². The highest BCUT2D eigenvalue weighted by molar-refractivity contribution is 6.38. The summed E-state index contributed by atoms with van der Waals surface area (Å²) in [6.07, 6.45) is 3.31. The van der Waals surface area contributed by atoms with Gasteiger partial charge in [0.15, 0.2) is 11.6 Å². The Bertz CT molecular complexity index is 876. The fraction of sp³-hybridized carbons (Fsp3) is 0.333. The van der Waals surface area contributed by atoms with E-state index in [-0.39, 0.29) is 11.6 Å². The molecule has 0 bridgehead atoms. The molecule has 0 radical (unpaired) electrons. The normalized spacial score (nSPS) is 13.2. The van der Waals surface area contributed by atoms with E-state index in [0.29, 0.717) is 29.9 Å². The average molecular weight is 393 g/mol. The highest BCUT2D eigenvalue weighted by atomic mass is 16.5. The van der Waals surface area contributed by atoms with Crippen molar-refractivity contribution in [3.63, 3.8) is 0 Å². The number of benzene rings is 2. The van der Waals surface area contributed by atoms with Gasteiger partial charge in [0.1, 0.15) is 0 Å². The van der Waals surface area contributed by atoms with Crippen molar-refractivity contribution in [2.24, 2.45) is 0 Å². The molecule has 3 rings (SSSR count). The lowest BCUT2D eigenvalue weighted by atomic mass is 9.86. The summed E-state index contributed by atoms with van der Waals surface area (Å²) < 4.78 is 10.3. The second-order valence-corrected chi connectivity index (χ2v) is 7.02. The highest BCUT2D eigenvalue weighted by Gasteiger charge is 2.25. The first kappa shape index (κ1) is 21.0. The van der Waals surface area contributed by atoms with Gasteiger partial charge in [0.25, 0.3) is 0 Å². The number of nitrogens with zero attached hydrogens (tertiary/aromatic N) is 1. The molecule has 0 amide bonds. The predicted molar refractivity (Wildman–Crippen MR) is 115 cm³/mol. The minimum absolute atomic E-state index is 0.106. The zero-order valence-electron chi connectivity index (χ0n) is 17.0. The van der Waals surface area contributed by atoms with Gasteiger partial charge in [-0.15, -0.1) is 0 Å². The van der Waals surface area contributed by atoms with Gasteiger partial charge in [-0.3, -0.25) is 9.59 Å². The van der Waals surface area contributed by atoms with Crippen molar-refractivity contribution in [2.75, 3.05) is 45.4 Å². The average Bonchev–Trinajstić information content (AvgIpc) is 2.76. The van der Waals surface area contributed by atoms with E-state index in [4.69, 9.17) is 9.47 Å². The number of allylic oxidation sites excluding steroid dienone is 2. The maximum atomic E-state index is 12.9. The highest BCUT2D eigenvalue weighted by Crippen LogP contribution is 2.29. The lowest BCUT2D eigenvalue weighted by Gasteiger charge is -2.25. The van der Waals surface area contributed by atoms with E-state index in [2.05, 4.69) is 4.90 Å². The van der Waals surface area contributed by atoms with Gasteiger partial charge in [0.2, 0.25) is 0 Å². The Morgan fingerprint density at radius 2 is 1.38 bits per heavy atom. The fourth-order valence-electron chi connectivity index (χ4n) is 3.55. The van der Waals surface area contributed by atoms with Gasteiger partial charge in [-0.1, -0.05) is 36.4 Å². The summed E-state index contributed by atoms with van der Waals surface area (Å²) in [6, 6.07) is 14.8. The van der Waals surface area contributed by atoms with Crippen LogP contribution >= 0.6 is 0 Å². The van der Waals surface area contributed by atoms with E-state index < -0.39 is 0 Å². The zero-order valence-corrected chi connectivity index (χ0v) is 17.0. The summed E-state index contributed by atoms with van der Waals surface area (Å²) in [7, 11) is 3.41. The number of hydrogen-bond donors (Lipinski definition) is 0. The smallest absolute Gasteiger partial charge is 0.194 e. The van der Waals surface area contributed by atoms with Crippen LogP contribution in [0.25, 0.3) is 5.57 Å². The first-order valence-corrected chi connectivity index (χ1v) is 9.88. The van der Waals surface area contributed by atoms with E-state index in [0.717, 1.165) is 37.2 Å². The Kier molecular flexibility index (Phi) is 7.33. The molecule has 0 unspecified atom stereocenters. The molecule has 29 heavy (non-hydrogen) atoms. The number of carbonyl (C=O) groups excluding carboxylic acids is 2. The van der Waals surface area contributed by atoms with E-state index in [1.54, 1.807) is 38.5 Å². The molecule has 0 aliphatic heterocycles. The largest absolute Gasteiger partial charge is 0.385 e. The SMILES string of the molecule is COCCCN(CCCOC)c1ccc(C2=CC(=O)c3ccccc3C2=O)cc1. The first-order chi connectivity index (χ1) is 14.2. The Balaban J connectivity index is 1.79. The maximum Gasteiger partial charge on any atom is 0.194 e. The number of carbonyl (C=O) groups is 2. The Morgan fingerprint density at radius 3 is 1.97 bits per heavy atom. The molecule has 0 saturated heterocycles. The number of methoxy groups -OCH3 is 2. The molecule has 0 saturated carbocycles. The number of ketones is 2. The Morgan fingerprint density at radius 1 is 0.793 bits per heavy atom. The molecule has 0 fully saturated rings. The minimum atomic E-state index is -0.125. The molecule has 0 N–H and O–H groups in total. The summed E-state index contributed by atoms with van der Waals surface area (Å²) in [5.41, 5.74) is 3.23. The lowest BCUT2D eigenvalue weighted by Crippen LogP contribution is -2.27. The maximum absolute atomic E-state index is 12.9. The van der Waals surface area contributed by atoms with Gasteiger partial charge in [-0.2, -0.15) is 0 Å². The third-order valence-corrected chi connectivity index (χ3v) is 5.05. The van der Waals surface area contributed by atoms with Gasteiger partial charge >= 0.3 is 0 Å². The van der Waals surface area contributed by atoms with Crippen LogP contribution in [-0.4, -0.2) is 52.1 Å². The molecule has 2 aromatic rings. The summed E-state index contributed by atoms with van der Waals surface area (Å²) in [5, 5.41) is 0. The number of rotatable bonds is 10. The number of Topliss-reactive ketones (excluding diaryl/α,β-unsaturated/α-hetero) is 1. The van der Waals surface area contributed by atoms with Crippen molar-refractivity contribution in [2.45, 2.75) is 12.8 Å². The predicted octanol–water partition coefficient (Wildman–Crippen LogP) is 4.03. The van der Waals surface area contributed by atoms with Crippen molar-refractivity contribution < 1.29 is 19.1 Å². The van der Waals surface area contributed by atoms with E-state index in [9.17, 15) is 9.59 Å². The van der Waals surface area contributed by atoms with Crippen LogP contribution in [0.2, 0.25) is 0 Å². The van der Waals surface area contributed by atoms with Crippen molar-refractivity contribution in [3.8, 4) is 0 Å². The first-order valence-electron chi connectivity index (χ1n) is 9.88. The molecule has 5 nitrogen and oxygen atoms in total. The van der Waals surface area contributed by atoms with Crippen LogP contribution in [0.5, 0.6) is 0 Å². The van der Waals surface area contributed by atoms with Crippen molar-refractivity contribution >= 4 is 22.8 Å². The summed E-state index contributed by atoms with van der Waals surface area (Å²) in [4.78, 5) is 27.6. The summed E-state index contributed by atoms with van der Waals surface area (Å²) >= 11 is 0. The monoisotopic (exact) mass is 393 g/mol. The number of hydrogen-bond acceptors (Lipinski definition) is 5. The lowest BCUT2D eigenvalue weighted by molar-refractivity contribution is 0.100. The topological polar surface area (TPSA) is 55.8 Å². The van der Waals surface area contributed by atoms with Crippen LogP contribution in [-0.2, 0) is 9.47 Å². The van der Waals surface area contributed by atoms with Gasteiger partial charge in [0, 0.05) is 62.9 Å². The van der Waals surface area contributed by atoms with Crippen LogP contribution in [0.3, 0.4) is 0 Å². The molecule has 0 spiro atoms. The fourth-order valence-corrected chi connectivity index (χ4v) is 3.55. The molecule has 0 aromatic heterocycles. The number of ether oxygens (including phenoxy) is 2. The van der Waals surface area contributed by atoms with Crippen molar-refractivity contribution in [3.05, 3.63) is 71.3 Å². The van der Waals surface area contributed by atoms with Crippen molar-refractivity contribution in [1.82, 2.24) is 0 Å². The third kappa shape index (κ3) is 5.00. The van der Waals surface area contributed by atoms with E-state index in [1.165, 1.54) is 6.08 Å². The molecule has 2 aromatic carbocycles. The molecule has 1 aliphatic rings. The van der Waals surface area contributed by atoms with Gasteiger partial charge in [0.05, 0.1) is 0 Å². The van der Waals surface area contributed by atoms with E-state index in [1.807, 2.05) is 24.3 Å². The van der Waals surface area contributed by atoms with Gasteiger partial charge < -0.3 is 14.4 Å². The van der Waals surface area contributed by atoms with Crippen LogP contribution in [0, 0.1) is 0 Å². The second-order valence-electron chi connectivity index (χ2n) is 7.02. The zero-order chi connectivity index (χ0) is 20.6. The van der Waals surface area contributed by atoms with Crippen LogP contribution < -0.4 is 4.90 Å². The minimum Gasteiger partial charge on any atom is -0.385 e. The molecule has 152 valence electrons. The van der Waals surface area contributed by atoms with Gasteiger partial charge in [-0.25, -0.2) is 0 Å². The number of fused-ring (bicyclic) bond motifs is 1.